The van der Waals surface area contributed by atoms with Crippen LogP contribution in [0.5, 0.6) is 0 Å². The standard InChI is InChI=1S/C23H34N2O4S/c1-16(2)30(28,29)15-18-5-9-19(10-6-18)22(26)14-17-7-11-20(12-8-17)25-13-3-4-21(25)23(24)27/h7-8,11-12,16,18-19,21H,3-6,9-10,13-15H2,1-2H3,(H2,24,27)/t18?,19?,21-/m0/s1. The van der Waals surface area contributed by atoms with E-state index < -0.39 is 9.84 Å². The molecule has 7 heteroatoms. The van der Waals surface area contributed by atoms with Gasteiger partial charge in [0, 0.05) is 24.6 Å². The zero-order chi connectivity index (χ0) is 21.9. The quantitative estimate of drug-likeness (QED) is 0.678. The number of hydrogen-bond acceptors (Lipinski definition) is 5. The number of hydrogen-bond donors (Lipinski definition) is 1. The van der Waals surface area contributed by atoms with Gasteiger partial charge in [0.1, 0.15) is 11.8 Å². The number of primary amides is 1. The molecule has 0 aromatic heterocycles. The fourth-order valence-electron chi connectivity index (χ4n) is 4.69. The molecule has 6 nitrogen and oxygen atoms in total. The van der Waals surface area contributed by atoms with Gasteiger partial charge < -0.3 is 10.6 Å². The molecule has 0 bridgehead atoms. The smallest absolute Gasteiger partial charge is 0.240 e. The minimum atomic E-state index is -3.02. The van der Waals surface area contributed by atoms with Gasteiger partial charge in [0.05, 0.1) is 11.0 Å². The van der Waals surface area contributed by atoms with E-state index in [1.165, 1.54) is 0 Å². The van der Waals surface area contributed by atoms with Crippen molar-refractivity contribution in [1.29, 1.82) is 0 Å². The lowest BCUT2D eigenvalue weighted by Crippen LogP contribution is -2.40. The third-order valence-corrected chi connectivity index (χ3v) is 9.09. The molecule has 3 rings (SSSR count). The molecule has 2 fully saturated rings. The Morgan fingerprint density at radius 3 is 2.27 bits per heavy atom. The fraction of sp³-hybridized carbons (Fsp3) is 0.652. The second kappa shape index (κ2) is 9.50. The van der Waals surface area contributed by atoms with Crippen LogP contribution in [0.4, 0.5) is 5.69 Å². The molecule has 2 N–H and O–H groups in total. The Hall–Kier alpha value is -1.89. The predicted octanol–water partition coefficient (Wildman–Crippen LogP) is 2.88. The van der Waals surface area contributed by atoms with Gasteiger partial charge >= 0.3 is 0 Å². The maximum Gasteiger partial charge on any atom is 0.240 e. The van der Waals surface area contributed by atoms with Gasteiger partial charge in [0.25, 0.3) is 0 Å². The zero-order valence-electron chi connectivity index (χ0n) is 18.0. The van der Waals surface area contributed by atoms with E-state index in [-0.39, 0.29) is 40.6 Å². The van der Waals surface area contributed by atoms with Crippen molar-refractivity contribution in [3.8, 4) is 0 Å². The van der Waals surface area contributed by atoms with Crippen LogP contribution in [0.15, 0.2) is 24.3 Å². The summed E-state index contributed by atoms with van der Waals surface area (Å²) in [5.41, 5.74) is 7.45. The summed E-state index contributed by atoms with van der Waals surface area (Å²) < 4.78 is 24.3. The molecule has 1 aliphatic heterocycles. The first kappa shape index (κ1) is 22.8. The second-order valence-corrected chi connectivity index (χ2v) is 11.8. The maximum atomic E-state index is 12.8. The first-order valence-electron chi connectivity index (χ1n) is 11.1. The number of benzene rings is 1. The molecule has 2 aliphatic rings. The summed E-state index contributed by atoms with van der Waals surface area (Å²) >= 11 is 0. The van der Waals surface area contributed by atoms with Crippen LogP contribution in [0.1, 0.15) is 57.9 Å². The number of rotatable bonds is 8. The van der Waals surface area contributed by atoms with Crippen molar-refractivity contribution >= 4 is 27.2 Å². The van der Waals surface area contributed by atoms with Crippen molar-refractivity contribution in [1.82, 2.24) is 0 Å². The molecule has 1 aromatic carbocycles. The van der Waals surface area contributed by atoms with Crippen molar-refractivity contribution in [2.24, 2.45) is 17.6 Å². The molecule has 0 spiro atoms. The third-order valence-electron chi connectivity index (χ3n) is 6.72. The van der Waals surface area contributed by atoms with Gasteiger partial charge in [-0.3, -0.25) is 9.59 Å². The molecule has 1 saturated carbocycles. The Morgan fingerprint density at radius 1 is 1.07 bits per heavy atom. The van der Waals surface area contributed by atoms with Crippen LogP contribution in [-0.2, 0) is 25.8 Å². The summed E-state index contributed by atoms with van der Waals surface area (Å²) in [6.07, 6.45) is 5.33. The normalized spacial score (nSPS) is 24.9. The van der Waals surface area contributed by atoms with Crippen molar-refractivity contribution in [3.63, 3.8) is 0 Å². The van der Waals surface area contributed by atoms with E-state index >= 15 is 0 Å². The molecule has 1 aliphatic carbocycles. The molecule has 1 saturated heterocycles. The lowest BCUT2D eigenvalue weighted by Gasteiger charge is -2.28. The topological polar surface area (TPSA) is 97.5 Å². The number of nitrogens with two attached hydrogens (primary N) is 1. The van der Waals surface area contributed by atoms with Gasteiger partial charge in [0.15, 0.2) is 9.84 Å². The average molecular weight is 435 g/mol. The number of anilines is 1. The van der Waals surface area contributed by atoms with Crippen LogP contribution >= 0.6 is 0 Å². The van der Waals surface area contributed by atoms with Gasteiger partial charge in [-0.05, 0) is 76.0 Å². The van der Waals surface area contributed by atoms with Crippen molar-refractivity contribution in [2.75, 3.05) is 17.2 Å². The number of Topliss-reactive ketones (excluding diaryl/α,β-unsaturated/α-hetero) is 1. The van der Waals surface area contributed by atoms with Crippen molar-refractivity contribution < 1.29 is 18.0 Å². The van der Waals surface area contributed by atoms with Gasteiger partial charge in [-0.15, -0.1) is 0 Å². The highest BCUT2D eigenvalue weighted by atomic mass is 32.2. The number of carbonyl (C=O) groups is 2. The minimum Gasteiger partial charge on any atom is -0.368 e. The second-order valence-electron chi connectivity index (χ2n) is 9.16. The summed E-state index contributed by atoms with van der Waals surface area (Å²) in [4.78, 5) is 26.4. The van der Waals surface area contributed by atoms with E-state index in [9.17, 15) is 18.0 Å². The Balaban J connectivity index is 1.51. The molecule has 1 heterocycles. The lowest BCUT2D eigenvalue weighted by molar-refractivity contribution is -0.123. The largest absolute Gasteiger partial charge is 0.368 e. The van der Waals surface area contributed by atoms with E-state index in [2.05, 4.69) is 0 Å². The van der Waals surface area contributed by atoms with E-state index in [1.54, 1.807) is 13.8 Å². The van der Waals surface area contributed by atoms with Crippen molar-refractivity contribution in [3.05, 3.63) is 29.8 Å². The molecule has 1 aromatic rings. The molecular weight excluding hydrogens is 400 g/mol. The van der Waals surface area contributed by atoms with E-state index in [4.69, 9.17) is 5.73 Å². The van der Waals surface area contributed by atoms with Crippen LogP contribution < -0.4 is 10.6 Å². The maximum absolute atomic E-state index is 12.8. The molecule has 1 amide bonds. The summed E-state index contributed by atoms with van der Waals surface area (Å²) in [5, 5.41) is -0.335. The number of ketones is 1. The van der Waals surface area contributed by atoms with E-state index in [0.717, 1.165) is 56.3 Å². The highest BCUT2D eigenvalue weighted by Crippen LogP contribution is 2.32. The van der Waals surface area contributed by atoms with Crippen LogP contribution in [0.2, 0.25) is 0 Å². The molecule has 1 atom stereocenters. The predicted molar refractivity (Wildman–Crippen MR) is 119 cm³/mol. The van der Waals surface area contributed by atoms with Crippen LogP contribution in [0.25, 0.3) is 0 Å². The summed E-state index contributed by atoms with van der Waals surface area (Å²) in [5.74, 6) is 0.406. The number of sulfone groups is 1. The SMILES string of the molecule is CC(C)S(=O)(=O)CC1CCC(C(=O)Cc2ccc(N3CCC[C@H]3C(N)=O)cc2)CC1. The Morgan fingerprint density at radius 2 is 1.70 bits per heavy atom. The number of carbonyl (C=O) groups excluding carboxylic acids is 2. The van der Waals surface area contributed by atoms with E-state index in [0.29, 0.717) is 6.42 Å². The lowest BCUT2D eigenvalue weighted by atomic mass is 9.79. The van der Waals surface area contributed by atoms with Gasteiger partial charge in [0.2, 0.25) is 5.91 Å². The zero-order valence-corrected chi connectivity index (χ0v) is 18.9. The number of amides is 1. The average Bonchev–Trinajstić information content (AvgIpc) is 3.19. The minimum absolute atomic E-state index is 0.0282. The van der Waals surface area contributed by atoms with Crippen LogP contribution in [0, 0.1) is 11.8 Å². The van der Waals surface area contributed by atoms with Crippen LogP contribution in [0.3, 0.4) is 0 Å². The summed E-state index contributed by atoms with van der Waals surface area (Å²) in [6, 6.07) is 7.62. The fourth-order valence-corrected chi connectivity index (χ4v) is 6.07. The molecule has 166 valence electrons. The van der Waals surface area contributed by atoms with Crippen LogP contribution in [-0.4, -0.2) is 43.7 Å². The third kappa shape index (κ3) is 5.42. The number of nitrogens with zero attached hydrogens (tertiary/aromatic N) is 1. The van der Waals surface area contributed by atoms with E-state index in [1.807, 2.05) is 29.2 Å². The highest BCUT2D eigenvalue weighted by molar-refractivity contribution is 7.91. The monoisotopic (exact) mass is 434 g/mol. The molecule has 30 heavy (non-hydrogen) atoms. The highest BCUT2D eigenvalue weighted by Gasteiger charge is 2.31. The molecule has 0 radical (unpaired) electrons. The van der Waals surface area contributed by atoms with Gasteiger partial charge in [-0.2, -0.15) is 0 Å². The Kier molecular flexibility index (Phi) is 7.22. The Bertz CT molecular complexity index is 856. The first-order valence-corrected chi connectivity index (χ1v) is 12.8. The molecule has 0 unspecified atom stereocenters. The first-order chi connectivity index (χ1) is 14.2. The summed E-state index contributed by atoms with van der Waals surface area (Å²) in [7, 11) is -3.02. The van der Waals surface area contributed by atoms with Gasteiger partial charge in [-0.25, -0.2) is 8.42 Å². The molecular formula is C23H34N2O4S. The van der Waals surface area contributed by atoms with Gasteiger partial charge in [-0.1, -0.05) is 12.1 Å². The Labute approximate surface area is 180 Å². The van der Waals surface area contributed by atoms with Crippen molar-refractivity contribution in [2.45, 2.75) is 70.1 Å². The summed E-state index contributed by atoms with van der Waals surface area (Å²) in [6.45, 7) is 4.28.